The fourth-order valence-electron chi connectivity index (χ4n) is 4.16. The van der Waals surface area contributed by atoms with Crippen LogP contribution in [0.5, 0.6) is 5.75 Å². The number of ether oxygens (including phenoxy) is 1. The fourth-order valence-corrected chi connectivity index (χ4v) is 6.12. The maximum absolute atomic E-state index is 13.6. The molecule has 0 aromatic heterocycles. The van der Waals surface area contributed by atoms with Gasteiger partial charge in [-0.1, -0.05) is 53.0 Å². The monoisotopic (exact) mass is 581 g/mol. The van der Waals surface area contributed by atoms with Crippen LogP contribution in [-0.4, -0.2) is 63.4 Å². The molecule has 7 nitrogen and oxygen atoms in total. The number of nitrogens with zero attached hydrogens (tertiary/aromatic N) is 3. The Morgan fingerprint density at radius 3 is 2.22 bits per heavy atom. The van der Waals surface area contributed by atoms with E-state index in [0.717, 1.165) is 15.7 Å². The molecule has 1 saturated heterocycles. The van der Waals surface area contributed by atoms with E-state index in [2.05, 4.69) is 4.90 Å². The molecule has 3 aromatic rings. The lowest BCUT2D eigenvalue weighted by Gasteiger charge is -2.37. The Morgan fingerprint density at radius 2 is 1.57 bits per heavy atom. The van der Waals surface area contributed by atoms with Gasteiger partial charge in [-0.2, -0.15) is 4.31 Å². The normalized spacial score (nSPS) is 14.2. The fraction of sp³-hybridized carbons (Fsp3) is 0.269. The number of carbonyl (C=O) groups is 1. The van der Waals surface area contributed by atoms with Gasteiger partial charge in [-0.3, -0.25) is 4.79 Å². The Kier molecular flexibility index (Phi) is 8.87. The summed E-state index contributed by atoms with van der Waals surface area (Å²) in [6.07, 6.45) is 0. The van der Waals surface area contributed by atoms with E-state index >= 15 is 0 Å². The summed E-state index contributed by atoms with van der Waals surface area (Å²) in [6, 6.07) is 18.4. The number of rotatable bonds is 8. The molecule has 0 aliphatic carbocycles. The molecule has 0 radical (unpaired) electrons. The van der Waals surface area contributed by atoms with Gasteiger partial charge in [0.2, 0.25) is 15.9 Å². The van der Waals surface area contributed by atoms with Gasteiger partial charge < -0.3 is 14.5 Å². The third-order valence-electron chi connectivity index (χ3n) is 6.18. The molecule has 37 heavy (non-hydrogen) atoms. The summed E-state index contributed by atoms with van der Waals surface area (Å²) < 4.78 is 33.7. The van der Waals surface area contributed by atoms with Crippen LogP contribution in [0.1, 0.15) is 5.56 Å². The predicted octanol–water partition coefficient (Wildman–Crippen LogP) is 5.20. The molecule has 0 atom stereocenters. The second-order valence-corrected chi connectivity index (χ2v) is 11.7. The molecular weight excluding hydrogens is 557 g/mol. The first kappa shape index (κ1) is 27.5. The molecule has 0 bridgehead atoms. The molecule has 0 unspecified atom stereocenters. The number of para-hydroxylation sites is 2. The number of benzene rings is 3. The number of amides is 1. The van der Waals surface area contributed by atoms with Crippen LogP contribution in [0.3, 0.4) is 0 Å². The van der Waals surface area contributed by atoms with Crippen LogP contribution >= 0.6 is 34.8 Å². The lowest BCUT2D eigenvalue weighted by molar-refractivity contribution is -0.131. The Bertz CT molecular complexity index is 1360. The quantitative estimate of drug-likeness (QED) is 0.365. The highest BCUT2D eigenvalue weighted by Gasteiger charge is 2.31. The lowest BCUT2D eigenvalue weighted by atomic mass is 10.2. The first-order valence-electron chi connectivity index (χ1n) is 11.5. The smallest absolute Gasteiger partial charge is 0.243 e. The highest BCUT2D eigenvalue weighted by molar-refractivity contribution is 7.89. The van der Waals surface area contributed by atoms with Gasteiger partial charge in [0.15, 0.2) is 0 Å². The van der Waals surface area contributed by atoms with Crippen LogP contribution in [0.15, 0.2) is 71.6 Å². The summed E-state index contributed by atoms with van der Waals surface area (Å²) >= 11 is 18.3. The largest absolute Gasteiger partial charge is 0.495 e. The van der Waals surface area contributed by atoms with Crippen molar-refractivity contribution in [1.82, 2.24) is 9.21 Å². The van der Waals surface area contributed by atoms with E-state index < -0.39 is 10.0 Å². The molecular formula is C26H26Cl3N3O4S. The third-order valence-corrected chi connectivity index (χ3v) is 8.83. The summed E-state index contributed by atoms with van der Waals surface area (Å²) in [6.45, 7) is 1.67. The third kappa shape index (κ3) is 6.51. The van der Waals surface area contributed by atoms with Crippen molar-refractivity contribution in [2.45, 2.75) is 11.4 Å². The summed E-state index contributed by atoms with van der Waals surface area (Å²) in [4.78, 5) is 17.2. The molecule has 1 heterocycles. The van der Waals surface area contributed by atoms with Crippen molar-refractivity contribution in [3.8, 4) is 5.75 Å². The van der Waals surface area contributed by atoms with Gasteiger partial charge in [-0.25, -0.2) is 8.42 Å². The number of halogens is 3. The van der Waals surface area contributed by atoms with Crippen molar-refractivity contribution in [3.63, 3.8) is 0 Å². The van der Waals surface area contributed by atoms with Gasteiger partial charge in [0, 0.05) is 47.8 Å². The van der Waals surface area contributed by atoms with Crippen LogP contribution in [0.25, 0.3) is 0 Å². The predicted molar refractivity (Wildman–Crippen MR) is 147 cm³/mol. The van der Waals surface area contributed by atoms with E-state index in [1.165, 1.54) is 24.3 Å². The first-order valence-corrected chi connectivity index (χ1v) is 14.1. The SMILES string of the molecule is COc1ccccc1N1CCN(C(=O)CN(Cc2ccc(Cl)cc2Cl)S(=O)(=O)c2ccc(Cl)cc2)CC1. The zero-order chi connectivity index (χ0) is 26.6. The van der Waals surface area contributed by atoms with Gasteiger partial charge >= 0.3 is 0 Å². The van der Waals surface area contributed by atoms with Crippen molar-refractivity contribution in [3.05, 3.63) is 87.4 Å². The minimum absolute atomic E-state index is 0.0378. The molecule has 4 rings (SSSR count). The molecule has 0 N–H and O–H groups in total. The van der Waals surface area contributed by atoms with Crippen molar-refractivity contribution in [2.75, 3.05) is 44.7 Å². The zero-order valence-electron chi connectivity index (χ0n) is 20.1. The number of methoxy groups -OCH3 is 1. The highest BCUT2D eigenvalue weighted by atomic mass is 35.5. The summed E-state index contributed by atoms with van der Waals surface area (Å²) in [7, 11) is -2.40. The number of hydrogen-bond acceptors (Lipinski definition) is 5. The number of sulfonamides is 1. The second-order valence-electron chi connectivity index (χ2n) is 8.50. The molecule has 0 spiro atoms. The van der Waals surface area contributed by atoms with Crippen LogP contribution in [-0.2, 0) is 21.4 Å². The minimum Gasteiger partial charge on any atom is -0.495 e. The average molecular weight is 583 g/mol. The van der Waals surface area contributed by atoms with E-state index in [-0.39, 0.29) is 23.9 Å². The highest BCUT2D eigenvalue weighted by Crippen LogP contribution is 2.29. The van der Waals surface area contributed by atoms with E-state index in [1.54, 1.807) is 30.2 Å². The summed E-state index contributed by atoms with van der Waals surface area (Å²) in [5.41, 5.74) is 1.50. The Hall–Kier alpha value is -2.49. The Labute approximate surface area is 232 Å². The number of anilines is 1. The Balaban J connectivity index is 1.52. The number of carbonyl (C=O) groups excluding carboxylic acids is 1. The molecule has 1 aliphatic heterocycles. The summed E-state index contributed by atoms with van der Waals surface area (Å²) in [5, 5.41) is 1.17. The molecule has 1 fully saturated rings. The van der Waals surface area contributed by atoms with Gasteiger partial charge in [0.1, 0.15) is 5.75 Å². The number of piperazine rings is 1. The topological polar surface area (TPSA) is 70.2 Å². The van der Waals surface area contributed by atoms with Crippen molar-refractivity contribution in [1.29, 1.82) is 0 Å². The van der Waals surface area contributed by atoms with E-state index in [0.29, 0.717) is 46.8 Å². The lowest BCUT2D eigenvalue weighted by Crippen LogP contribution is -2.51. The van der Waals surface area contributed by atoms with Gasteiger partial charge in [0.25, 0.3) is 0 Å². The van der Waals surface area contributed by atoms with Crippen LogP contribution in [0, 0.1) is 0 Å². The molecule has 1 amide bonds. The molecule has 196 valence electrons. The standard InChI is InChI=1S/C26H26Cl3N3O4S/c1-36-25-5-3-2-4-24(25)30-12-14-31(15-13-30)26(33)18-32(17-19-6-7-21(28)16-23(19)29)37(34,35)22-10-8-20(27)9-11-22/h2-11,16H,12-15,17-18H2,1H3. The molecule has 3 aromatic carbocycles. The average Bonchev–Trinajstić information content (AvgIpc) is 2.90. The van der Waals surface area contributed by atoms with Gasteiger partial charge in [0.05, 0.1) is 24.2 Å². The van der Waals surface area contributed by atoms with Crippen molar-refractivity contribution >= 4 is 56.4 Å². The molecule has 11 heteroatoms. The zero-order valence-corrected chi connectivity index (χ0v) is 23.2. The minimum atomic E-state index is -4.03. The van der Waals surface area contributed by atoms with E-state index in [9.17, 15) is 13.2 Å². The van der Waals surface area contributed by atoms with E-state index in [1.807, 2.05) is 24.3 Å². The first-order chi connectivity index (χ1) is 17.7. The van der Waals surface area contributed by atoms with Crippen molar-refractivity contribution in [2.24, 2.45) is 0 Å². The molecule has 1 aliphatic rings. The van der Waals surface area contributed by atoms with Crippen LogP contribution in [0.2, 0.25) is 15.1 Å². The second kappa shape index (κ2) is 11.9. The molecule has 0 saturated carbocycles. The van der Waals surface area contributed by atoms with Gasteiger partial charge in [-0.15, -0.1) is 0 Å². The van der Waals surface area contributed by atoms with Gasteiger partial charge in [-0.05, 0) is 54.1 Å². The van der Waals surface area contributed by atoms with E-state index in [4.69, 9.17) is 39.5 Å². The number of hydrogen-bond donors (Lipinski definition) is 0. The maximum Gasteiger partial charge on any atom is 0.243 e. The van der Waals surface area contributed by atoms with Crippen molar-refractivity contribution < 1.29 is 17.9 Å². The Morgan fingerprint density at radius 1 is 0.919 bits per heavy atom. The van der Waals surface area contributed by atoms with Crippen LogP contribution in [0.4, 0.5) is 5.69 Å². The maximum atomic E-state index is 13.6. The summed E-state index contributed by atoms with van der Waals surface area (Å²) in [5.74, 6) is 0.477. The van der Waals surface area contributed by atoms with Crippen LogP contribution < -0.4 is 9.64 Å².